The smallest absolute Gasteiger partial charge is 0.149 e. The summed E-state index contributed by atoms with van der Waals surface area (Å²) in [5.74, 6) is 0. The Kier molecular flexibility index (Phi) is 3.15. The normalized spacial score (nSPS) is 13.9. The molecule has 0 amide bonds. The van der Waals surface area contributed by atoms with Crippen LogP contribution in [0.25, 0.3) is 0 Å². The third-order valence-electron chi connectivity index (χ3n) is 3.41. The lowest BCUT2D eigenvalue weighted by Crippen LogP contribution is -2.34. The van der Waals surface area contributed by atoms with Crippen LogP contribution in [-0.4, -0.2) is 17.7 Å². The molecule has 0 unspecified atom stereocenters. The fraction of sp³-hybridized carbons (Fsp3) is 0.118. The monoisotopic (exact) mass is 249 g/mol. The SMILES string of the molecule is O=CC1=CN(C(c2ccccc2)c2ccccc2)C1. The molecule has 0 radical (unpaired) electrons. The van der Waals surface area contributed by atoms with Crippen molar-refractivity contribution in [1.29, 1.82) is 0 Å². The first-order valence-electron chi connectivity index (χ1n) is 6.40. The minimum absolute atomic E-state index is 0.186. The van der Waals surface area contributed by atoms with Crippen molar-refractivity contribution < 1.29 is 4.79 Å². The summed E-state index contributed by atoms with van der Waals surface area (Å²) in [5, 5.41) is 0. The molecule has 0 N–H and O–H groups in total. The van der Waals surface area contributed by atoms with E-state index < -0.39 is 0 Å². The molecule has 2 aromatic carbocycles. The molecule has 19 heavy (non-hydrogen) atoms. The van der Waals surface area contributed by atoms with E-state index >= 15 is 0 Å². The van der Waals surface area contributed by atoms with Crippen molar-refractivity contribution in [3.63, 3.8) is 0 Å². The van der Waals surface area contributed by atoms with Crippen molar-refractivity contribution in [3.8, 4) is 0 Å². The van der Waals surface area contributed by atoms with Gasteiger partial charge in [-0.05, 0) is 11.1 Å². The van der Waals surface area contributed by atoms with Gasteiger partial charge in [-0.25, -0.2) is 0 Å². The summed E-state index contributed by atoms with van der Waals surface area (Å²) in [5.41, 5.74) is 3.35. The highest BCUT2D eigenvalue weighted by Gasteiger charge is 2.25. The zero-order chi connectivity index (χ0) is 13.1. The van der Waals surface area contributed by atoms with Gasteiger partial charge in [-0.3, -0.25) is 4.79 Å². The van der Waals surface area contributed by atoms with Crippen LogP contribution in [0.15, 0.2) is 72.4 Å². The van der Waals surface area contributed by atoms with E-state index in [9.17, 15) is 4.79 Å². The van der Waals surface area contributed by atoms with Crippen molar-refractivity contribution in [2.24, 2.45) is 0 Å². The maximum atomic E-state index is 10.7. The molecule has 0 bridgehead atoms. The zero-order valence-electron chi connectivity index (χ0n) is 10.6. The van der Waals surface area contributed by atoms with E-state index in [2.05, 4.69) is 53.4 Å². The van der Waals surface area contributed by atoms with E-state index in [0.29, 0.717) is 0 Å². The van der Waals surface area contributed by atoms with Crippen molar-refractivity contribution in [2.45, 2.75) is 6.04 Å². The Morgan fingerprint density at radius 3 is 1.79 bits per heavy atom. The van der Waals surface area contributed by atoms with Gasteiger partial charge >= 0.3 is 0 Å². The van der Waals surface area contributed by atoms with Crippen LogP contribution in [0.2, 0.25) is 0 Å². The highest BCUT2D eigenvalue weighted by atomic mass is 16.1. The number of aldehydes is 1. The largest absolute Gasteiger partial charge is 0.361 e. The third-order valence-corrected chi connectivity index (χ3v) is 3.41. The lowest BCUT2D eigenvalue weighted by atomic mass is 9.95. The molecule has 0 saturated carbocycles. The number of hydrogen-bond acceptors (Lipinski definition) is 2. The molecule has 0 aliphatic carbocycles. The molecule has 1 heterocycles. The molecule has 1 aliphatic heterocycles. The molecule has 0 spiro atoms. The molecule has 0 atom stereocenters. The molecule has 0 saturated heterocycles. The molecule has 1 aliphatic rings. The minimum Gasteiger partial charge on any atom is -0.361 e. The average Bonchev–Trinajstić information content (AvgIpc) is 2.44. The second kappa shape index (κ2) is 5.11. The van der Waals surface area contributed by atoms with Crippen LogP contribution in [0.4, 0.5) is 0 Å². The van der Waals surface area contributed by atoms with Crippen molar-refractivity contribution in [3.05, 3.63) is 83.6 Å². The van der Waals surface area contributed by atoms with Crippen LogP contribution >= 0.6 is 0 Å². The van der Waals surface area contributed by atoms with Crippen LogP contribution in [0, 0.1) is 0 Å². The summed E-state index contributed by atoms with van der Waals surface area (Å²) in [6.07, 6.45) is 2.88. The van der Waals surface area contributed by atoms with Crippen LogP contribution in [0.1, 0.15) is 17.2 Å². The van der Waals surface area contributed by atoms with Gasteiger partial charge in [0.2, 0.25) is 0 Å². The third kappa shape index (κ3) is 2.29. The van der Waals surface area contributed by atoms with Gasteiger partial charge in [0, 0.05) is 18.3 Å². The first-order chi connectivity index (χ1) is 9.38. The van der Waals surface area contributed by atoms with Gasteiger partial charge in [0.05, 0.1) is 6.04 Å². The Balaban J connectivity index is 1.98. The molecule has 2 aromatic rings. The number of benzene rings is 2. The number of hydrogen-bond donors (Lipinski definition) is 0. The van der Waals surface area contributed by atoms with E-state index in [-0.39, 0.29) is 6.04 Å². The number of carbonyl (C=O) groups is 1. The number of carbonyl (C=O) groups excluding carboxylic acids is 1. The van der Waals surface area contributed by atoms with Crippen molar-refractivity contribution >= 4 is 6.29 Å². The highest BCUT2D eigenvalue weighted by molar-refractivity contribution is 5.75. The molecular formula is C17H15NO. The van der Waals surface area contributed by atoms with Crippen LogP contribution < -0.4 is 0 Å². The Bertz CT molecular complexity index is 550. The molecule has 2 nitrogen and oxygen atoms in total. The standard InChI is InChI=1S/C17H15NO/c19-13-14-11-18(12-14)17(15-7-3-1-4-8-15)16-9-5-2-6-10-16/h1-11,13,17H,12H2. The lowest BCUT2D eigenvalue weighted by molar-refractivity contribution is -0.105. The van der Waals surface area contributed by atoms with Gasteiger partial charge in [0.15, 0.2) is 0 Å². The van der Waals surface area contributed by atoms with Crippen molar-refractivity contribution in [1.82, 2.24) is 4.90 Å². The lowest BCUT2D eigenvalue weighted by Gasteiger charge is -2.37. The summed E-state index contributed by atoms with van der Waals surface area (Å²) in [7, 11) is 0. The quantitative estimate of drug-likeness (QED) is 0.776. The summed E-state index contributed by atoms with van der Waals surface area (Å²) >= 11 is 0. The first kappa shape index (κ1) is 11.7. The Labute approximate surface area is 113 Å². The summed E-state index contributed by atoms with van der Waals surface area (Å²) < 4.78 is 0. The predicted octanol–water partition coefficient (Wildman–Crippen LogP) is 3.17. The van der Waals surface area contributed by atoms with E-state index in [1.807, 2.05) is 18.3 Å². The molecule has 2 heteroatoms. The Morgan fingerprint density at radius 1 is 0.895 bits per heavy atom. The Hall–Kier alpha value is -2.35. The first-order valence-corrected chi connectivity index (χ1v) is 6.40. The van der Waals surface area contributed by atoms with Crippen LogP contribution in [0.5, 0.6) is 0 Å². The summed E-state index contributed by atoms with van der Waals surface area (Å²) in [4.78, 5) is 12.9. The fourth-order valence-electron chi connectivity index (χ4n) is 2.48. The highest BCUT2D eigenvalue weighted by Crippen LogP contribution is 2.32. The number of nitrogens with zero attached hydrogens (tertiary/aromatic N) is 1. The zero-order valence-corrected chi connectivity index (χ0v) is 10.6. The number of rotatable bonds is 4. The van der Waals surface area contributed by atoms with E-state index in [0.717, 1.165) is 18.4 Å². The molecule has 94 valence electrons. The minimum atomic E-state index is 0.186. The fourth-order valence-corrected chi connectivity index (χ4v) is 2.48. The van der Waals surface area contributed by atoms with E-state index in [1.165, 1.54) is 11.1 Å². The van der Waals surface area contributed by atoms with Gasteiger partial charge in [0.25, 0.3) is 0 Å². The summed E-state index contributed by atoms with van der Waals surface area (Å²) in [6.45, 7) is 0.720. The van der Waals surface area contributed by atoms with E-state index in [4.69, 9.17) is 0 Å². The van der Waals surface area contributed by atoms with Gasteiger partial charge in [-0.1, -0.05) is 60.7 Å². The van der Waals surface area contributed by atoms with Gasteiger partial charge < -0.3 is 4.90 Å². The van der Waals surface area contributed by atoms with Crippen LogP contribution in [0.3, 0.4) is 0 Å². The van der Waals surface area contributed by atoms with Gasteiger partial charge in [0.1, 0.15) is 6.29 Å². The van der Waals surface area contributed by atoms with Gasteiger partial charge in [-0.2, -0.15) is 0 Å². The second-order valence-corrected chi connectivity index (χ2v) is 4.72. The van der Waals surface area contributed by atoms with Crippen LogP contribution in [-0.2, 0) is 4.79 Å². The Morgan fingerprint density at radius 2 is 1.37 bits per heavy atom. The molecule has 0 fully saturated rings. The maximum absolute atomic E-state index is 10.7. The molecular weight excluding hydrogens is 234 g/mol. The predicted molar refractivity (Wildman–Crippen MR) is 75.6 cm³/mol. The van der Waals surface area contributed by atoms with Gasteiger partial charge in [-0.15, -0.1) is 0 Å². The maximum Gasteiger partial charge on any atom is 0.149 e. The average molecular weight is 249 g/mol. The summed E-state index contributed by atoms with van der Waals surface area (Å²) in [6, 6.07) is 21.0. The molecule has 3 rings (SSSR count). The topological polar surface area (TPSA) is 20.3 Å². The second-order valence-electron chi connectivity index (χ2n) is 4.72. The molecule has 0 aromatic heterocycles. The van der Waals surface area contributed by atoms with Crippen molar-refractivity contribution in [2.75, 3.05) is 6.54 Å². The van der Waals surface area contributed by atoms with E-state index in [1.54, 1.807) is 0 Å².